The fraction of sp³-hybridized carbons (Fsp3) is 0.133. The second kappa shape index (κ2) is 4.53. The quantitative estimate of drug-likeness (QED) is 0.818. The van der Waals surface area contributed by atoms with Crippen molar-refractivity contribution in [3.8, 4) is 5.88 Å². The van der Waals surface area contributed by atoms with Gasteiger partial charge < -0.3 is 10.5 Å². The third kappa shape index (κ3) is 1.84. The Morgan fingerprint density at radius 3 is 2.89 bits per heavy atom. The molecule has 3 nitrogen and oxygen atoms in total. The molecule has 2 N–H and O–H groups in total. The fourth-order valence-electron chi connectivity index (χ4n) is 2.23. The van der Waals surface area contributed by atoms with Crippen LogP contribution in [0.5, 0.6) is 5.88 Å². The number of nitrogen functional groups attached to an aromatic ring is 1. The molecule has 18 heavy (non-hydrogen) atoms. The van der Waals surface area contributed by atoms with E-state index in [1.807, 2.05) is 30.4 Å². The Morgan fingerprint density at radius 1 is 1.11 bits per heavy atom. The SMILES string of the molecule is Nc1cnc2c(c1C1=C/C=C\C=C/C=C\1)CCO2. The van der Waals surface area contributed by atoms with Gasteiger partial charge in [-0.15, -0.1) is 0 Å². The predicted octanol–water partition coefficient (Wildman–Crippen LogP) is 2.66. The molecule has 0 spiro atoms. The van der Waals surface area contributed by atoms with Gasteiger partial charge in [-0.05, 0) is 5.57 Å². The van der Waals surface area contributed by atoms with Crippen molar-refractivity contribution in [1.82, 2.24) is 4.98 Å². The number of aromatic nitrogens is 1. The van der Waals surface area contributed by atoms with E-state index in [1.165, 1.54) is 0 Å². The second-order valence-electron chi connectivity index (χ2n) is 4.22. The molecule has 1 aromatic heterocycles. The first-order valence-corrected chi connectivity index (χ1v) is 5.98. The zero-order valence-electron chi connectivity index (χ0n) is 9.97. The summed E-state index contributed by atoms with van der Waals surface area (Å²) in [5, 5.41) is 0. The van der Waals surface area contributed by atoms with Gasteiger partial charge in [-0.2, -0.15) is 0 Å². The first kappa shape index (κ1) is 10.8. The van der Waals surface area contributed by atoms with Crippen LogP contribution in [0.3, 0.4) is 0 Å². The largest absolute Gasteiger partial charge is 0.477 e. The minimum Gasteiger partial charge on any atom is -0.477 e. The van der Waals surface area contributed by atoms with Crippen LogP contribution in [0, 0.1) is 0 Å². The van der Waals surface area contributed by atoms with Crippen LogP contribution in [0.15, 0.2) is 48.7 Å². The van der Waals surface area contributed by atoms with Crippen LogP contribution < -0.4 is 10.5 Å². The monoisotopic (exact) mass is 238 g/mol. The number of nitrogens with zero attached hydrogens (tertiary/aromatic N) is 1. The lowest BCUT2D eigenvalue weighted by atomic mass is 9.97. The van der Waals surface area contributed by atoms with E-state index in [1.54, 1.807) is 6.20 Å². The summed E-state index contributed by atoms with van der Waals surface area (Å²) in [4.78, 5) is 4.23. The molecular weight excluding hydrogens is 224 g/mol. The van der Waals surface area contributed by atoms with E-state index in [9.17, 15) is 0 Å². The smallest absolute Gasteiger partial charge is 0.217 e. The van der Waals surface area contributed by atoms with Crippen LogP contribution in [-0.4, -0.2) is 11.6 Å². The molecule has 0 amide bonds. The molecule has 2 aliphatic rings. The topological polar surface area (TPSA) is 48.1 Å². The van der Waals surface area contributed by atoms with Gasteiger partial charge in [0, 0.05) is 17.5 Å². The fourth-order valence-corrected chi connectivity index (χ4v) is 2.23. The predicted molar refractivity (Wildman–Crippen MR) is 73.2 cm³/mol. The number of ether oxygens (including phenoxy) is 1. The van der Waals surface area contributed by atoms with E-state index in [4.69, 9.17) is 10.5 Å². The van der Waals surface area contributed by atoms with Crippen molar-refractivity contribution in [1.29, 1.82) is 0 Å². The normalized spacial score (nSPS) is 25.0. The summed E-state index contributed by atoms with van der Waals surface area (Å²) in [5.41, 5.74) is 10.0. The number of allylic oxidation sites excluding steroid dienone is 8. The molecule has 0 fully saturated rings. The lowest BCUT2D eigenvalue weighted by Gasteiger charge is -2.10. The highest BCUT2D eigenvalue weighted by molar-refractivity contribution is 5.85. The van der Waals surface area contributed by atoms with E-state index in [0.29, 0.717) is 12.3 Å². The molecule has 0 radical (unpaired) electrons. The molecule has 1 aromatic rings. The Bertz CT molecular complexity index is 595. The standard InChI is InChI=1S/C15H14N2O/c16-13-10-17-15-12(8-9-18-15)14(13)11-6-4-2-1-3-5-7-11/h1-7,10H,8-9,16H2/b2-1-,3-1?,4-2?,5-3-,6-4-,7-5?,11-6?,11-7+. The summed E-state index contributed by atoms with van der Waals surface area (Å²) < 4.78 is 5.49. The highest BCUT2D eigenvalue weighted by Gasteiger charge is 2.21. The molecule has 3 heteroatoms. The number of hydrogen-bond donors (Lipinski definition) is 1. The zero-order chi connectivity index (χ0) is 12.4. The third-order valence-corrected chi connectivity index (χ3v) is 3.05. The molecular formula is C15H14N2O. The molecule has 1 aliphatic heterocycles. The summed E-state index contributed by atoms with van der Waals surface area (Å²) in [6.45, 7) is 0.686. The number of pyridine rings is 1. The molecule has 0 bridgehead atoms. The van der Waals surface area contributed by atoms with E-state index >= 15 is 0 Å². The van der Waals surface area contributed by atoms with Gasteiger partial charge in [-0.25, -0.2) is 4.98 Å². The summed E-state index contributed by atoms with van der Waals surface area (Å²) in [6.07, 6.45) is 16.7. The number of anilines is 1. The number of nitrogens with two attached hydrogens (primary N) is 1. The van der Waals surface area contributed by atoms with Crippen LogP contribution in [-0.2, 0) is 6.42 Å². The molecule has 0 saturated carbocycles. The van der Waals surface area contributed by atoms with Gasteiger partial charge in [0.25, 0.3) is 0 Å². The zero-order valence-corrected chi connectivity index (χ0v) is 9.97. The summed E-state index contributed by atoms with van der Waals surface area (Å²) in [5.74, 6) is 0.718. The summed E-state index contributed by atoms with van der Waals surface area (Å²) in [6, 6.07) is 0. The Balaban J connectivity index is 2.14. The van der Waals surface area contributed by atoms with Gasteiger partial charge in [-0.1, -0.05) is 42.5 Å². The average Bonchev–Trinajstić information content (AvgIpc) is 2.78. The number of rotatable bonds is 1. The van der Waals surface area contributed by atoms with Gasteiger partial charge in [-0.3, -0.25) is 0 Å². The van der Waals surface area contributed by atoms with Crippen molar-refractivity contribution >= 4 is 11.3 Å². The molecule has 0 unspecified atom stereocenters. The van der Waals surface area contributed by atoms with Crippen LogP contribution in [0.1, 0.15) is 11.1 Å². The van der Waals surface area contributed by atoms with Gasteiger partial charge in [0.2, 0.25) is 5.88 Å². The maximum Gasteiger partial charge on any atom is 0.217 e. The highest BCUT2D eigenvalue weighted by Crippen LogP contribution is 2.35. The van der Waals surface area contributed by atoms with Gasteiger partial charge in [0.1, 0.15) is 0 Å². The van der Waals surface area contributed by atoms with Crippen molar-refractivity contribution in [2.24, 2.45) is 0 Å². The van der Waals surface area contributed by atoms with Gasteiger partial charge >= 0.3 is 0 Å². The van der Waals surface area contributed by atoms with E-state index < -0.39 is 0 Å². The second-order valence-corrected chi connectivity index (χ2v) is 4.22. The lowest BCUT2D eigenvalue weighted by molar-refractivity contribution is 0.345. The molecule has 90 valence electrons. The van der Waals surface area contributed by atoms with Crippen LogP contribution >= 0.6 is 0 Å². The molecule has 3 rings (SSSR count). The van der Waals surface area contributed by atoms with E-state index in [-0.39, 0.29) is 0 Å². The molecule has 2 heterocycles. The Kier molecular flexibility index (Phi) is 2.73. The van der Waals surface area contributed by atoms with Crippen molar-refractivity contribution in [3.63, 3.8) is 0 Å². The van der Waals surface area contributed by atoms with Gasteiger partial charge in [0.05, 0.1) is 18.5 Å². The first-order valence-electron chi connectivity index (χ1n) is 5.98. The summed E-state index contributed by atoms with van der Waals surface area (Å²) in [7, 11) is 0. The van der Waals surface area contributed by atoms with Crippen LogP contribution in [0.4, 0.5) is 5.69 Å². The molecule has 0 atom stereocenters. The molecule has 1 aliphatic carbocycles. The van der Waals surface area contributed by atoms with Crippen LogP contribution in [0.2, 0.25) is 0 Å². The minimum atomic E-state index is 0.686. The molecule has 0 saturated heterocycles. The third-order valence-electron chi connectivity index (χ3n) is 3.05. The Morgan fingerprint density at radius 2 is 1.94 bits per heavy atom. The van der Waals surface area contributed by atoms with Crippen molar-refractivity contribution in [2.75, 3.05) is 12.3 Å². The lowest BCUT2D eigenvalue weighted by Crippen LogP contribution is -1.99. The number of fused-ring (bicyclic) bond motifs is 1. The van der Waals surface area contributed by atoms with Crippen molar-refractivity contribution in [3.05, 3.63) is 59.9 Å². The Hall–Kier alpha value is -2.29. The Labute approximate surface area is 106 Å². The minimum absolute atomic E-state index is 0.686. The number of hydrogen-bond acceptors (Lipinski definition) is 3. The van der Waals surface area contributed by atoms with Gasteiger partial charge in [0.15, 0.2) is 0 Å². The highest BCUT2D eigenvalue weighted by atomic mass is 16.5. The molecule has 0 aromatic carbocycles. The summed E-state index contributed by atoms with van der Waals surface area (Å²) >= 11 is 0. The van der Waals surface area contributed by atoms with Crippen molar-refractivity contribution in [2.45, 2.75) is 6.42 Å². The average molecular weight is 238 g/mol. The van der Waals surface area contributed by atoms with E-state index in [2.05, 4.69) is 17.1 Å². The van der Waals surface area contributed by atoms with E-state index in [0.717, 1.165) is 29.0 Å². The van der Waals surface area contributed by atoms with Crippen molar-refractivity contribution < 1.29 is 4.74 Å². The first-order chi connectivity index (χ1) is 8.86. The van der Waals surface area contributed by atoms with Crippen LogP contribution in [0.25, 0.3) is 5.57 Å². The maximum absolute atomic E-state index is 6.08. The maximum atomic E-state index is 6.08.